The largest absolute Gasteiger partial charge is 0.495 e. The van der Waals surface area contributed by atoms with E-state index in [9.17, 15) is 8.78 Å². The van der Waals surface area contributed by atoms with Crippen LogP contribution in [0.2, 0.25) is 10.0 Å². The summed E-state index contributed by atoms with van der Waals surface area (Å²) < 4.78 is 51.7. The van der Waals surface area contributed by atoms with Crippen LogP contribution in [0.1, 0.15) is 0 Å². The molecule has 18 aromatic rings. The molecule has 18 aromatic carbocycles. The molecule has 24 heteroatoms. The smallest absolute Gasteiger partial charge is 0.491 e. The van der Waals surface area contributed by atoms with Crippen LogP contribution < -0.4 is 88.1 Å². The van der Waals surface area contributed by atoms with Crippen molar-refractivity contribution in [2.45, 2.75) is 0 Å². The van der Waals surface area contributed by atoms with Gasteiger partial charge < -0.3 is 33.9 Å². The van der Waals surface area contributed by atoms with E-state index < -0.39 is 50.4 Å². The van der Waals surface area contributed by atoms with Crippen LogP contribution in [0.4, 0.5) is 8.78 Å². The number of rotatable bonds is 19. The van der Waals surface area contributed by atoms with Crippen LogP contribution in [0, 0.1) is 11.6 Å². The maximum atomic E-state index is 14.6. The molecule has 0 atom stereocenters. The molecule has 0 aromatic heterocycles. The molecule has 0 saturated carbocycles. The summed E-state index contributed by atoms with van der Waals surface area (Å²) in [6, 6.07) is 154. The van der Waals surface area contributed by atoms with Gasteiger partial charge in [-0.05, 0) is 155 Å². The van der Waals surface area contributed by atoms with Crippen LogP contribution in [0.5, 0.6) is 23.0 Å². The third-order valence-electron chi connectivity index (χ3n) is 19.6. The van der Waals surface area contributed by atoms with Gasteiger partial charge in [0.25, 0.3) is 0 Å². The zero-order valence-electron chi connectivity index (χ0n) is 73.4. The first-order valence-electron chi connectivity index (χ1n) is 40.7. The van der Waals surface area contributed by atoms with Crippen molar-refractivity contribution in [3.8, 4) is 34.1 Å². The zero-order valence-corrected chi connectivity index (χ0v) is 91.1. The number of hydrogen-bond donors (Lipinski definition) is 3. The SMILES string of the molecule is COc1c(Br)c(-c2cccc(Cl)c2F)c(OC)c2ccccc12.COc1c(Br)c(Br)c(OC)c2ccccc12.O=COO.OB(O)c1cccc(Cl)c1F.[K].[K].[Pd].c1ccc(P(c2ccccc2)c2ccccc2)cc1.c1ccc(P(c2ccccc2)c2ccccc2)cc1.c1ccc(P(c2ccccc2)c2ccccc2)cc1.c1ccc(P(c2ccccc2)c2ccccc2)cc1. The number of ether oxygens (including phenoxy) is 4. The van der Waals surface area contributed by atoms with Crippen molar-refractivity contribution < 1.29 is 73.1 Å². The van der Waals surface area contributed by atoms with Gasteiger partial charge in [0.15, 0.2) is 0 Å². The van der Waals surface area contributed by atoms with Gasteiger partial charge in [0.05, 0.1) is 51.9 Å². The summed E-state index contributed by atoms with van der Waals surface area (Å²) in [5.41, 5.74) is 0.714. The van der Waals surface area contributed by atoms with Crippen molar-refractivity contribution >= 4 is 310 Å². The fourth-order valence-corrected chi connectivity index (χ4v) is 25.3. The number of fused-ring (bicyclic) bond motifs is 2. The van der Waals surface area contributed by atoms with Gasteiger partial charge in [-0.1, -0.05) is 460 Å². The average molecular weight is 2210 g/mol. The second-order valence-corrected chi connectivity index (χ2v) is 39.8. The van der Waals surface area contributed by atoms with E-state index in [-0.39, 0.29) is 145 Å². The van der Waals surface area contributed by atoms with Gasteiger partial charge >= 0.3 is 13.6 Å². The van der Waals surface area contributed by atoms with Crippen molar-refractivity contribution in [1.82, 2.24) is 0 Å². The summed E-state index contributed by atoms with van der Waals surface area (Å²) in [6.45, 7) is -0.0694. The van der Waals surface area contributed by atoms with E-state index in [4.69, 9.17) is 62.2 Å². The molecule has 3 N–H and O–H groups in total. The maximum Gasteiger partial charge on any atom is 0.491 e. The Labute approximate surface area is 917 Å². The topological polar surface area (TPSA) is 124 Å². The number of halogens is 7. The fraction of sp³-hybridized carbons (Fsp3) is 0.0367. The molecule has 0 saturated heterocycles. The summed E-state index contributed by atoms with van der Waals surface area (Å²) in [7, 11) is 2.86. The van der Waals surface area contributed by atoms with Gasteiger partial charge in [-0.2, -0.15) is 0 Å². The molecule has 0 aliphatic carbocycles. The Morgan fingerprint density at radius 1 is 0.278 bits per heavy atom. The number of carbonyl (C=O) groups excluding carboxylic acids is 1. The minimum Gasteiger partial charge on any atom is -0.495 e. The number of methoxy groups -OCH3 is 4. The summed E-state index contributed by atoms with van der Waals surface area (Å²) in [6.07, 6.45) is 0. The molecule has 0 heterocycles. The third kappa shape index (κ3) is 31.6. The predicted octanol–water partition coefficient (Wildman–Crippen LogP) is 23.3. The fourth-order valence-electron chi connectivity index (χ4n) is 13.8. The van der Waals surface area contributed by atoms with E-state index >= 15 is 0 Å². The van der Waals surface area contributed by atoms with Crippen LogP contribution in [0.3, 0.4) is 0 Å². The molecule has 0 fully saturated rings. The van der Waals surface area contributed by atoms with Crippen molar-refractivity contribution in [3.63, 3.8) is 0 Å². The van der Waals surface area contributed by atoms with E-state index in [0.717, 1.165) is 42.0 Å². The monoisotopic (exact) mass is 2210 g/mol. The predicted molar refractivity (Wildman–Crippen MR) is 571 cm³/mol. The van der Waals surface area contributed by atoms with E-state index in [0.29, 0.717) is 27.1 Å². The Kier molecular flexibility index (Phi) is 50.4. The molecule has 0 bridgehead atoms. The van der Waals surface area contributed by atoms with Gasteiger partial charge in [-0.15, -0.1) is 0 Å². The first-order valence-corrected chi connectivity index (χ1v) is 49.2. The summed E-state index contributed by atoms with van der Waals surface area (Å²) in [5.74, 6) is 1.52. The van der Waals surface area contributed by atoms with Crippen molar-refractivity contribution in [3.05, 3.63) is 484 Å². The zero-order chi connectivity index (χ0) is 91.8. The van der Waals surface area contributed by atoms with Crippen LogP contribution in [0.25, 0.3) is 32.7 Å². The molecule has 2 radical (unpaired) electrons. The minimum absolute atomic E-state index is 0. The molecule has 0 aliphatic rings. The van der Waals surface area contributed by atoms with E-state index in [1.807, 2.05) is 48.5 Å². The first-order chi connectivity index (χ1) is 63.6. The molecule has 133 heavy (non-hydrogen) atoms. The van der Waals surface area contributed by atoms with Crippen LogP contribution >= 0.6 is 103 Å². The molecule has 9 nitrogen and oxygen atoms in total. The molecule has 0 aliphatic heterocycles. The van der Waals surface area contributed by atoms with Crippen molar-refractivity contribution in [1.29, 1.82) is 0 Å². The first kappa shape index (κ1) is 111. The van der Waals surface area contributed by atoms with Crippen molar-refractivity contribution in [2.75, 3.05) is 28.4 Å². The number of benzene rings is 18. The third-order valence-corrected chi connectivity index (χ3v) is 32.7. The van der Waals surface area contributed by atoms with Gasteiger partial charge in [-0.3, -0.25) is 4.79 Å². The Balaban J connectivity index is 0.000000190. The minimum atomic E-state index is -1.81. The summed E-state index contributed by atoms with van der Waals surface area (Å²) in [5, 5.41) is 44.7. The summed E-state index contributed by atoms with van der Waals surface area (Å²) in [4.78, 5) is 11.6. The molecule has 0 unspecified atom stereocenters. The molecule has 0 amide bonds. The maximum absolute atomic E-state index is 14.6. The Bertz CT molecular complexity index is 5570. The van der Waals surface area contributed by atoms with Crippen LogP contribution in [-0.4, -0.2) is 160 Å². The Morgan fingerprint density at radius 3 is 0.647 bits per heavy atom. The van der Waals surface area contributed by atoms with Gasteiger partial charge in [0, 0.05) is 161 Å². The second-order valence-electron chi connectivity index (χ2n) is 27.7. The van der Waals surface area contributed by atoms with Gasteiger partial charge in [0.1, 0.15) is 34.6 Å². The van der Waals surface area contributed by atoms with E-state index in [1.165, 1.54) is 87.9 Å². The Morgan fingerprint density at radius 2 is 0.459 bits per heavy atom. The molecule has 18 rings (SSSR count). The number of hydrogen-bond acceptors (Lipinski definition) is 9. The van der Waals surface area contributed by atoms with Crippen LogP contribution in [0.15, 0.2) is 462 Å². The standard InChI is InChI=1S/C18H13BrClFO2.4C18H15P.C12H10Br2O2.C6H5BClFO2.CH2O3.2K.Pd/c1-22-17-10-6-3-4-7-11(10)18(23-2)15(19)14(17)12-8-5-9-13(20)16(12)21;4*1-4-10-16(11-5-1)19(17-12-6-2-7-13-17)18-14-8-3-9-15-18;1-15-11-7-5-3-4-6-8(7)12(16-2)10(14)9(11)13;8-5-3-1-2-4(6(5)9)7(10)11;2-1-4-3;;;/h3-9H,1-2H3;4*1-15H;3-6H,1-2H3;1-3,10-11H;1,3H;;;. The number of carbonyl (C=O) groups is 1. The van der Waals surface area contributed by atoms with Crippen molar-refractivity contribution in [2.24, 2.45) is 0 Å². The second kappa shape index (κ2) is 60.4. The van der Waals surface area contributed by atoms with E-state index in [1.54, 1.807) is 40.6 Å². The average Bonchev–Trinajstić information content (AvgIpc) is 0.745. The molecular formula is C109H90BBr3Cl2F2K2O9P4Pd. The van der Waals surface area contributed by atoms with E-state index in [2.05, 4.69) is 417 Å². The summed E-state index contributed by atoms with van der Waals surface area (Å²) >= 11 is 21.8. The normalized spacial score (nSPS) is 10.2. The van der Waals surface area contributed by atoms with Crippen LogP contribution in [-0.2, 0) is 30.1 Å². The molecular weight excluding hydrogens is 2120 g/mol. The quantitative estimate of drug-likeness (QED) is 0.0239. The van der Waals surface area contributed by atoms with Gasteiger partial charge in [0.2, 0.25) is 0 Å². The van der Waals surface area contributed by atoms with Gasteiger partial charge in [-0.25, -0.2) is 14.0 Å². The Hall–Kier alpha value is -7.37. The molecule has 664 valence electrons. The molecule has 0 spiro atoms.